The van der Waals surface area contributed by atoms with Crippen molar-refractivity contribution in [3.05, 3.63) is 27.7 Å². The molecule has 1 aromatic rings. The number of hydrogen-bond acceptors (Lipinski definition) is 0. The van der Waals surface area contributed by atoms with Gasteiger partial charge in [-0.15, -0.1) is 0 Å². The molecule has 90 valence electrons. The summed E-state index contributed by atoms with van der Waals surface area (Å²) in [6, 6.07) is 0.941. The van der Waals surface area contributed by atoms with Crippen LogP contribution < -0.4 is 56.8 Å². The fourth-order valence-corrected chi connectivity index (χ4v) is 1.81. The fourth-order valence-electron chi connectivity index (χ4n) is 1.09. The van der Waals surface area contributed by atoms with Crippen molar-refractivity contribution in [1.29, 1.82) is 0 Å². The van der Waals surface area contributed by atoms with Gasteiger partial charge in [0.25, 0.3) is 0 Å². The predicted molar refractivity (Wildman–Crippen MR) is 50.2 cm³/mol. The molecular weight excluding hydrogens is 319 g/mol. The number of benzene rings is 1. The largest absolute Gasteiger partial charge is 1.00 e. The molecule has 17 heavy (non-hydrogen) atoms. The first-order valence-corrected chi connectivity index (χ1v) is 4.55. The van der Waals surface area contributed by atoms with Gasteiger partial charge >= 0.3 is 64.5 Å². The van der Waals surface area contributed by atoms with E-state index in [-0.39, 0.29) is 51.4 Å². The Morgan fingerprint density at radius 1 is 1.00 bits per heavy atom. The summed E-state index contributed by atoms with van der Waals surface area (Å²) in [5, 5.41) is -2.25. The van der Waals surface area contributed by atoms with E-state index < -0.39 is 34.2 Å². The van der Waals surface area contributed by atoms with Gasteiger partial charge in [0.05, 0.1) is 5.56 Å². The van der Waals surface area contributed by atoms with Crippen LogP contribution in [0.2, 0.25) is 10.0 Å². The van der Waals surface area contributed by atoms with Gasteiger partial charge < -0.3 is 12.9 Å². The van der Waals surface area contributed by atoms with Crippen molar-refractivity contribution in [3.8, 4) is 0 Å². The Morgan fingerprint density at radius 2 is 1.47 bits per heavy atom. The summed E-state index contributed by atoms with van der Waals surface area (Å²) in [6.07, 6.45) is -4.95. The van der Waals surface area contributed by atoms with E-state index in [1.165, 1.54) is 0 Å². The average molecular weight is 321 g/mol. The van der Waals surface area contributed by atoms with Crippen LogP contribution in [0, 0.1) is 0 Å². The SMILES string of the molecule is F[B-](F)(F)c1c(Cl)ccc(C(F)(F)F)c1Cl.[K+]. The van der Waals surface area contributed by atoms with Gasteiger partial charge in [-0.1, -0.05) is 28.7 Å². The molecule has 0 unspecified atom stereocenters. The van der Waals surface area contributed by atoms with E-state index in [4.69, 9.17) is 23.2 Å². The molecule has 1 aromatic carbocycles. The third-order valence-corrected chi connectivity index (χ3v) is 2.50. The molecule has 0 fully saturated rings. The van der Waals surface area contributed by atoms with Crippen LogP contribution in [0.5, 0.6) is 0 Å². The molecular formula is C7H2BCl2F6K. The van der Waals surface area contributed by atoms with Crippen LogP contribution in [0.15, 0.2) is 12.1 Å². The average Bonchev–Trinajstić information content (AvgIpc) is 1.97. The van der Waals surface area contributed by atoms with Crippen LogP contribution in [-0.2, 0) is 6.18 Å². The zero-order valence-electron chi connectivity index (χ0n) is 8.26. The van der Waals surface area contributed by atoms with E-state index in [2.05, 4.69) is 0 Å². The van der Waals surface area contributed by atoms with Gasteiger partial charge in [0, 0.05) is 10.0 Å². The van der Waals surface area contributed by atoms with Crippen molar-refractivity contribution < 1.29 is 77.5 Å². The minimum Gasteiger partial charge on any atom is -0.445 e. The Bertz CT molecular complexity index is 416. The smallest absolute Gasteiger partial charge is 0.445 e. The first kappa shape index (κ1) is 18.1. The van der Waals surface area contributed by atoms with Crippen LogP contribution in [0.1, 0.15) is 5.56 Å². The molecule has 0 nitrogen and oxygen atoms in total. The maximum absolute atomic E-state index is 12.4. The van der Waals surface area contributed by atoms with E-state index in [9.17, 15) is 26.1 Å². The monoisotopic (exact) mass is 320 g/mol. The Labute approximate surface area is 145 Å². The normalized spacial score (nSPS) is 12.2. The van der Waals surface area contributed by atoms with Gasteiger partial charge in [-0.2, -0.15) is 13.2 Å². The van der Waals surface area contributed by atoms with Crippen LogP contribution in [0.3, 0.4) is 0 Å². The second-order valence-electron chi connectivity index (χ2n) is 2.90. The zero-order valence-corrected chi connectivity index (χ0v) is 12.9. The van der Waals surface area contributed by atoms with Crippen molar-refractivity contribution in [2.24, 2.45) is 0 Å². The fraction of sp³-hybridized carbons (Fsp3) is 0.143. The molecule has 0 aliphatic rings. The van der Waals surface area contributed by atoms with Crippen LogP contribution >= 0.6 is 23.2 Å². The van der Waals surface area contributed by atoms with Crippen LogP contribution in [0.25, 0.3) is 0 Å². The van der Waals surface area contributed by atoms with Crippen molar-refractivity contribution >= 4 is 35.6 Å². The van der Waals surface area contributed by atoms with Gasteiger partial charge in [0.2, 0.25) is 0 Å². The quantitative estimate of drug-likeness (QED) is 0.536. The zero-order chi connectivity index (χ0) is 12.7. The first-order chi connectivity index (χ1) is 7.05. The van der Waals surface area contributed by atoms with Gasteiger partial charge in [-0.05, 0) is 12.1 Å². The molecule has 10 heteroatoms. The molecule has 0 atom stereocenters. The van der Waals surface area contributed by atoms with E-state index in [0.717, 1.165) is 0 Å². The maximum atomic E-state index is 12.4. The van der Waals surface area contributed by atoms with Gasteiger partial charge in [-0.3, -0.25) is 0 Å². The minimum atomic E-state index is -5.69. The van der Waals surface area contributed by atoms with Crippen molar-refractivity contribution in [2.75, 3.05) is 0 Å². The van der Waals surface area contributed by atoms with E-state index in [0.29, 0.717) is 12.1 Å². The van der Waals surface area contributed by atoms with Gasteiger partial charge in [-0.25, -0.2) is 0 Å². The Kier molecular flexibility index (Phi) is 6.41. The molecule has 0 saturated heterocycles. The van der Waals surface area contributed by atoms with Crippen molar-refractivity contribution in [2.45, 2.75) is 6.18 Å². The topological polar surface area (TPSA) is 0 Å². The van der Waals surface area contributed by atoms with Crippen LogP contribution in [-0.4, -0.2) is 6.98 Å². The Morgan fingerprint density at radius 3 is 1.82 bits per heavy atom. The molecule has 0 N–H and O–H groups in total. The Hall–Kier alpha value is 1.08. The summed E-state index contributed by atoms with van der Waals surface area (Å²) < 4.78 is 74.0. The molecule has 0 heterocycles. The van der Waals surface area contributed by atoms with Crippen LogP contribution in [0.4, 0.5) is 26.1 Å². The molecule has 0 amide bonds. The standard InChI is InChI=1S/C7H2BCl2F6.K/c9-4-2-1-3(7(11,12)13)6(10)5(4)8(14,15)16;/h1-2H;/q-1;+1. The molecule has 0 bridgehead atoms. The second kappa shape index (κ2) is 6.02. The molecule has 0 saturated carbocycles. The number of halogens is 8. The van der Waals surface area contributed by atoms with Crippen molar-refractivity contribution in [3.63, 3.8) is 0 Å². The molecule has 0 aliphatic carbocycles. The summed E-state index contributed by atoms with van der Waals surface area (Å²) in [6.45, 7) is -5.69. The van der Waals surface area contributed by atoms with E-state index in [1.807, 2.05) is 0 Å². The molecule has 0 spiro atoms. The third-order valence-electron chi connectivity index (χ3n) is 1.76. The number of hydrogen-bond donors (Lipinski definition) is 0. The molecule has 0 radical (unpaired) electrons. The van der Waals surface area contributed by atoms with E-state index in [1.54, 1.807) is 0 Å². The number of rotatable bonds is 1. The predicted octanol–water partition coefficient (Wildman–Crippen LogP) is 1.07. The number of alkyl halides is 3. The van der Waals surface area contributed by atoms with E-state index >= 15 is 0 Å². The van der Waals surface area contributed by atoms with Gasteiger partial charge in [0.15, 0.2) is 0 Å². The summed E-state index contributed by atoms with van der Waals surface area (Å²) in [5.74, 6) is 0. The summed E-state index contributed by atoms with van der Waals surface area (Å²) >= 11 is 10.3. The van der Waals surface area contributed by atoms with Gasteiger partial charge in [0.1, 0.15) is 0 Å². The molecule has 0 aliphatic heterocycles. The summed E-state index contributed by atoms with van der Waals surface area (Å²) in [5.41, 5.74) is -3.16. The summed E-state index contributed by atoms with van der Waals surface area (Å²) in [7, 11) is 0. The third kappa shape index (κ3) is 4.29. The Balaban J connectivity index is 0.00000256. The van der Waals surface area contributed by atoms with Crippen molar-refractivity contribution in [1.82, 2.24) is 0 Å². The second-order valence-corrected chi connectivity index (χ2v) is 3.68. The molecule has 1 rings (SSSR count). The maximum Gasteiger partial charge on any atom is 1.00 e. The first-order valence-electron chi connectivity index (χ1n) is 3.80. The molecule has 0 aromatic heterocycles. The summed E-state index contributed by atoms with van der Waals surface area (Å²) in [4.78, 5) is 0. The minimum absolute atomic E-state index is 0.